The number of fused-ring (bicyclic) bond motifs is 1. The Balaban J connectivity index is 1.89. The van der Waals surface area contributed by atoms with Crippen molar-refractivity contribution < 1.29 is 27.6 Å². The van der Waals surface area contributed by atoms with Crippen LogP contribution >= 0.6 is 0 Å². The molecule has 0 N–H and O–H groups in total. The molecule has 1 heterocycles. The van der Waals surface area contributed by atoms with Crippen LogP contribution in [0.3, 0.4) is 0 Å². The van der Waals surface area contributed by atoms with E-state index in [0.29, 0.717) is 17.0 Å². The van der Waals surface area contributed by atoms with Crippen LogP contribution in [-0.2, 0) is 11.0 Å². The molecule has 0 saturated heterocycles. The molecule has 4 nitrogen and oxygen atoms in total. The molecule has 0 radical (unpaired) electrons. The van der Waals surface area contributed by atoms with Gasteiger partial charge < -0.3 is 4.84 Å². The van der Waals surface area contributed by atoms with Crippen molar-refractivity contribution in [3.8, 4) is 0 Å². The summed E-state index contributed by atoms with van der Waals surface area (Å²) in [6.45, 7) is 2.00. The molecule has 0 aromatic heterocycles. The fourth-order valence-corrected chi connectivity index (χ4v) is 2.82. The zero-order chi connectivity index (χ0) is 20.3. The number of hydrogen-bond acceptors (Lipinski definition) is 3. The van der Waals surface area contributed by atoms with Gasteiger partial charge in [-0.2, -0.15) is 13.2 Å². The molecule has 0 atom stereocenters. The minimum atomic E-state index is -4.45. The Morgan fingerprint density at radius 2 is 1.57 bits per heavy atom. The summed E-state index contributed by atoms with van der Waals surface area (Å²) in [6, 6.07) is 10.7. The third-order valence-electron chi connectivity index (χ3n) is 4.33. The van der Waals surface area contributed by atoms with Gasteiger partial charge in [0.05, 0.1) is 16.7 Å². The first kappa shape index (κ1) is 19.7. The lowest BCUT2D eigenvalue weighted by atomic mass is 10.1. The van der Waals surface area contributed by atoms with E-state index in [1.54, 1.807) is 18.2 Å². The third kappa shape index (κ3) is 3.93. The Morgan fingerprint density at radius 3 is 2.07 bits per heavy atom. The number of carbonyl (C=O) groups is 2. The molecule has 3 rings (SSSR count). The standard InChI is InChI=1S/C21H18F3NO3/c1-2-3-4-9-18(14-10-12-15(13-11-14)21(22,23)24)28-25-19(26)16-7-5-6-8-17(16)20(25)27/h5-13H,2-4H2,1H3/b18-9+. The highest BCUT2D eigenvalue weighted by Gasteiger charge is 2.38. The van der Waals surface area contributed by atoms with Crippen molar-refractivity contribution in [2.75, 3.05) is 0 Å². The van der Waals surface area contributed by atoms with Crippen LogP contribution in [0.4, 0.5) is 13.2 Å². The number of alkyl halides is 3. The molecule has 2 aromatic carbocycles. The van der Waals surface area contributed by atoms with Crippen molar-refractivity contribution in [3.63, 3.8) is 0 Å². The average Bonchev–Trinajstić information content (AvgIpc) is 2.92. The molecule has 0 aliphatic carbocycles. The molecule has 28 heavy (non-hydrogen) atoms. The van der Waals surface area contributed by atoms with Gasteiger partial charge in [0.15, 0.2) is 5.76 Å². The number of amides is 2. The fourth-order valence-electron chi connectivity index (χ4n) is 2.82. The summed E-state index contributed by atoms with van der Waals surface area (Å²) in [5.41, 5.74) is 0.0196. The molecule has 0 unspecified atom stereocenters. The van der Waals surface area contributed by atoms with Crippen molar-refractivity contribution in [1.29, 1.82) is 0 Å². The van der Waals surface area contributed by atoms with Crippen LogP contribution in [0.1, 0.15) is 58.0 Å². The second kappa shape index (κ2) is 7.88. The highest BCUT2D eigenvalue weighted by Crippen LogP contribution is 2.32. The average molecular weight is 389 g/mol. The quantitative estimate of drug-likeness (QED) is 0.374. The van der Waals surface area contributed by atoms with Gasteiger partial charge in [-0.3, -0.25) is 9.59 Å². The van der Waals surface area contributed by atoms with Crippen molar-refractivity contribution in [2.24, 2.45) is 0 Å². The maximum atomic E-state index is 12.8. The van der Waals surface area contributed by atoms with Gasteiger partial charge >= 0.3 is 6.18 Å². The maximum absolute atomic E-state index is 12.8. The van der Waals surface area contributed by atoms with Crippen LogP contribution in [0.5, 0.6) is 0 Å². The summed E-state index contributed by atoms with van der Waals surface area (Å²) < 4.78 is 38.4. The molecule has 2 amide bonds. The summed E-state index contributed by atoms with van der Waals surface area (Å²) in [5, 5.41) is 0.653. The Labute approximate surface area is 160 Å². The first-order valence-corrected chi connectivity index (χ1v) is 8.86. The molecule has 2 aromatic rings. The number of rotatable bonds is 6. The smallest absolute Gasteiger partial charge is 0.368 e. The topological polar surface area (TPSA) is 46.6 Å². The number of halogens is 3. The van der Waals surface area contributed by atoms with Gasteiger partial charge in [-0.25, -0.2) is 0 Å². The Hall–Kier alpha value is -3.09. The van der Waals surface area contributed by atoms with Gasteiger partial charge in [-0.05, 0) is 43.2 Å². The summed E-state index contributed by atoms with van der Waals surface area (Å²) >= 11 is 0. The van der Waals surface area contributed by atoms with Crippen molar-refractivity contribution >= 4 is 17.6 Å². The number of benzene rings is 2. The van der Waals surface area contributed by atoms with Gasteiger partial charge in [0.25, 0.3) is 11.8 Å². The summed E-state index contributed by atoms with van der Waals surface area (Å²) in [5.74, 6) is -1.04. The van der Waals surface area contributed by atoms with Crippen molar-refractivity contribution in [1.82, 2.24) is 5.06 Å². The van der Waals surface area contributed by atoms with Crippen LogP contribution in [0, 0.1) is 0 Å². The molecular weight excluding hydrogens is 371 g/mol. The minimum absolute atomic E-state index is 0.164. The molecule has 0 bridgehead atoms. The maximum Gasteiger partial charge on any atom is 0.416 e. The van der Waals surface area contributed by atoms with E-state index in [0.717, 1.165) is 25.0 Å². The van der Waals surface area contributed by atoms with E-state index in [-0.39, 0.29) is 16.9 Å². The Morgan fingerprint density at radius 1 is 1.00 bits per heavy atom. The van der Waals surface area contributed by atoms with E-state index in [4.69, 9.17) is 4.84 Å². The zero-order valence-electron chi connectivity index (χ0n) is 15.1. The number of hydrogen-bond donors (Lipinski definition) is 0. The van der Waals surface area contributed by atoms with Gasteiger partial charge in [-0.15, -0.1) is 0 Å². The number of carbonyl (C=O) groups excluding carboxylic acids is 2. The van der Waals surface area contributed by atoms with Gasteiger partial charge in [0.1, 0.15) is 0 Å². The largest absolute Gasteiger partial charge is 0.416 e. The molecule has 7 heteroatoms. The van der Waals surface area contributed by atoms with E-state index in [9.17, 15) is 22.8 Å². The number of allylic oxidation sites excluding steroid dienone is 1. The Kier molecular flexibility index (Phi) is 5.53. The van der Waals surface area contributed by atoms with E-state index in [1.807, 2.05) is 6.92 Å². The van der Waals surface area contributed by atoms with Crippen LogP contribution in [0.2, 0.25) is 0 Å². The van der Waals surface area contributed by atoms with Crippen LogP contribution in [0.15, 0.2) is 54.6 Å². The molecule has 0 saturated carbocycles. The van der Waals surface area contributed by atoms with E-state index < -0.39 is 23.6 Å². The fraction of sp³-hybridized carbons (Fsp3) is 0.238. The second-order valence-corrected chi connectivity index (χ2v) is 6.33. The SMILES string of the molecule is CCCC/C=C(/ON1C(=O)c2ccccc2C1=O)c1ccc(C(F)(F)F)cc1. The second-order valence-electron chi connectivity index (χ2n) is 6.33. The van der Waals surface area contributed by atoms with Crippen LogP contribution in [0.25, 0.3) is 5.76 Å². The lowest BCUT2D eigenvalue weighted by Crippen LogP contribution is -2.29. The summed E-state index contributed by atoms with van der Waals surface area (Å²) in [4.78, 5) is 30.6. The van der Waals surface area contributed by atoms with Crippen LogP contribution in [-0.4, -0.2) is 16.9 Å². The van der Waals surface area contributed by atoms with E-state index >= 15 is 0 Å². The van der Waals surface area contributed by atoms with Gasteiger partial charge in [-0.1, -0.05) is 42.7 Å². The monoisotopic (exact) mass is 389 g/mol. The molecule has 146 valence electrons. The number of nitrogens with zero attached hydrogens (tertiary/aromatic N) is 1. The van der Waals surface area contributed by atoms with Crippen molar-refractivity contribution in [3.05, 3.63) is 76.9 Å². The molecule has 0 spiro atoms. The lowest BCUT2D eigenvalue weighted by molar-refractivity contribution is -0.137. The third-order valence-corrected chi connectivity index (χ3v) is 4.33. The predicted octanol–water partition coefficient (Wildman–Crippen LogP) is 5.46. The molecule has 1 aliphatic heterocycles. The van der Waals surface area contributed by atoms with Gasteiger partial charge in [0, 0.05) is 5.56 Å². The predicted molar refractivity (Wildman–Crippen MR) is 97.0 cm³/mol. The molecule has 0 fully saturated rings. The van der Waals surface area contributed by atoms with Crippen molar-refractivity contribution in [2.45, 2.75) is 32.4 Å². The van der Waals surface area contributed by atoms with E-state index in [1.165, 1.54) is 24.3 Å². The van der Waals surface area contributed by atoms with Gasteiger partial charge in [0.2, 0.25) is 0 Å². The highest BCUT2D eigenvalue weighted by atomic mass is 19.4. The highest BCUT2D eigenvalue weighted by molar-refractivity contribution is 6.20. The number of imide groups is 1. The van der Waals surface area contributed by atoms with Crippen LogP contribution < -0.4 is 0 Å². The summed E-state index contributed by atoms with van der Waals surface area (Å²) in [6.07, 6.45) is -0.445. The number of unbranched alkanes of at least 4 members (excludes halogenated alkanes) is 2. The molecular formula is C21H18F3NO3. The summed E-state index contributed by atoms with van der Waals surface area (Å²) in [7, 11) is 0. The normalized spacial score (nSPS) is 14.4. The zero-order valence-corrected chi connectivity index (χ0v) is 15.1. The first-order chi connectivity index (χ1) is 13.3. The lowest BCUT2D eigenvalue weighted by Gasteiger charge is -2.18. The first-order valence-electron chi connectivity index (χ1n) is 8.86. The molecule has 1 aliphatic rings. The Bertz CT molecular complexity index is 882. The minimum Gasteiger partial charge on any atom is -0.368 e. The number of hydroxylamine groups is 2. The van der Waals surface area contributed by atoms with E-state index in [2.05, 4.69) is 0 Å².